The number of hydrogen-bond donors (Lipinski definition) is 0. The van der Waals surface area contributed by atoms with Crippen molar-refractivity contribution in [2.75, 3.05) is 17.8 Å². The Morgan fingerprint density at radius 3 is 2.58 bits per heavy atom. The summed E-state index contributed by atoms with van der Waals surface area (Å²) in [5.41, 5.74) is 2.51. The highest BCUT2D eigenvalue weighted by atomic mass is 32.2. The summed E-state index contributed by atoms with van der Waals surface area (Å²) in [6.45, 7) is 6.17. The van der Waals surface area contributed by atoms with Gasteiger partial charge in [0.15, 0.2) is 0 Å². The number of hydrogen-bond acceptors (Lipinski definition) is 3. The number of ether oxygens (including phenoxy) is 1. The Bertz CT molecular complexity index is 760. The molecule has 0 bridgehead atoms. The molecule has 1 aliphatic heterocycles. The number of anilines is 2. The van der Waals surface area contributed by atoms with Gasteiger partial charge in [-0.3, -0.25) is 9.69 Å². The van der Waals surface area contributed by atoms with Crippen molar-refractivity contribution >= 4 is 29.0 Å². The fourth-order valence-corrected chi connectivity index (χ4v) is 4.22. The monoisotopic (exact) mass is 341 g/mol. The van der Waals surface area contributed by atoms with Gasteiger partial charge in [0.25, 0.3) is 0 Å². The van der Waals surface area contributed by atoms with Gasteiger partial charge in [-0.25, -0.2) is 0 Å². The number of methoxy groups -OCH3 is 1. The fraction of sp³-hybridized carbons (Fsp3) is 0.350. The molecule has 1 heterocycles. The van der Waals surface area contributed by atoms with Crippen LogP contribution >= 0.6 is 11.8 Å². The predicted molar refractivity (Wildman–Crippen MR) is 100 cm³/mol. The number of fused-ring (bicyclic) bond motifs is 1. The van der Waals surface area contributed by atoms with E-state index >= 15 is 0 Å². The molecule has 0 saturated carbocycles. The smallest absolute Gasteiger partial charge is 0.238 e. The van der Waals surface area contributed by atoms with Gasteiger partial charge < -0.3 is 4.74 Å². The highest BCUT2D eigenvalue weighted by Crippen LogP contribution is 2.47. The Labute approximate surface area is 148 Å². The lowest BCUT2D eigenvalue weighted by molar-refractivity contribution is -0.125. The van der Waals surface area contributed by atoms with E-state index in [1.807, 2.05) is 42.2 Å². The second-order valence-electron chi connectivity index (χ2n) is 6.47. The number of para-hydroxylation sites is 1. The molecule has 1 atom stereocenters. The predicted octanol–water partition coefficient (Wildman–Crippen LogP) is 5.19. The molecular weight excluding hydrogens is 318 g/mol. The largest absolute Gasteiger partial charge is 0.496 e. The van der Waals surface area contributed by atoms with Crippen LogP contribution in [0.2, 0.25) is 0 Å². The second kappa shape index (κ2) is 6.52. The van der Waals surface area contributed by atoms with E-state index in [1.165, 1.54) is 0 Å². The van der Waals surface area contributed by atoms with Crippen LogP contribution in [0.25, 0.3) is 0 Å². The van der Waals surface area contributed by atoms with Crippen molar-refractivity contribution in [3.63, 3.8) is 0 Å². The molecule has 4 heteroatoms. The molecule has 0 aliphatic carbocycles. The van der Waals surface area contributed by atoms with Gasteiger partial charge in [0.05, 0.1) is 18.2 Å². The van der Waals surface area contributed by atoms with Crippen molar-refractivity contribution in [1.29, 1.82) is 0 Å². The van der Waals surface area contributed by atoms with Gasteiger partial charge in [0.2, 0.25) is 5.91 Å². The third kappa shape index (κ3) is 2.80. The zero-order valence-corrected chi connectivity index (χ0v) is 15.4. The number of nitrogens with zero attached hydrogens (tertiary/aromatic N) is 1. The number of thioether (sulfide) groups is 1. The summed E-state index contributed by atoms with van der Waals surface area (Å²) in [6, 6.07) is 14.0. The Hall–Kier alpha value is -1.94. The van der Waals surface area contributed by atoms with Crippen LogP contribution < -0.4 is 9.64 Å². The van der Waals surface area contributed by atoms with Gasteiger partial charge in [-0.15, -0.1) is 11.8 Å². The first-order valence-corrected chi connectivity index (χ1v) is 9.20. The minimum absolute atomic E-state index is 0.159. The van der Waals surface area contributed by atoms with Gasteiger partial charge in [0, 0.05) is 16.3 Å². The highest BCUT2D eigenvalue weighted by Gasteiger charge is 2.40. The molecule has 2 aromatic rings. The minimum atomic E-state index is -0.388. The number of amides is 1. The number of benzene rings is 2. The molecule has 2 aromatic carbocycles. The first-order chi connectivity index (χ1) is 11.5. The van der Waals surface area contributed by atoms with E-state index in [0.29, 0.717) is 0 Å². The topological polar surface area (TPSA) is 29.5 Å². The number of carbonyl (C=O) groups excluding carboxylic acids is 1. The fourth-order valence-electron chi connectivity index (χ4n) is 2.93. The van der Waals surface area contributed by atoms with Gasteiger partial charge in [0.1, 0.15) is 5.75 Å². The molecule has 24 heavy (non-hydrogen) atoms. The molecule has 3 nitrogen and oxygen atoms in total. The normalized spacial score (nSPS) is 20.5. The molecule has 0 saturated heterocycles. The summed E-state index contributed by atoms with van der Waals surface area (Å²) in [5, 5.41) is 0. The van der Waals surface area contributed by atoms with E-state index in [1.54, 1.807) is 18.9 Å². The number of aryl methyl sites for hydroxylation is 1. The van der Waals surface area contributed by atoms with E-state index in [4.69, 9.17) is 4.74 Å². The first kappa shape index (κ1) is 16.9. The Morgan fingerprint density at radius 1 is 1.25 bits per heavy atom. The van der Waals surface area contributed by atoms with Crippen LogP contribution in [0.5, 0.6) is 5.75 Å². The lowest BCUT2D eigenvalue weighted by atomic mass is 9.87. The lowest BCUT2D eigenvalue weighted by Crippen LogP contribution is -2.40. The van der Waals surface area contributed by atoms with Crippen molar-refractivity contribution in [2.24, 2.45) is 5.41 Å². The molecule has 0 aromatic heterocycles. The van der Waals surface area contributed by atoms with Crippen LogP contribution in [0.4, 0.5) is 11.4 Å². The maximum atomic E-state index is 13.4. The average molecular weight is 341 g/mol. The number of carbonyl (C=O) groups is 1. The molecule has 0 fully saturated rings. The highest BCUT2D eigenvalue weighted by molar-refractivity contribution is 7.99. The molecule has 1 aliphatic rings. The standard InChI is InChI=1S/C20H23NO2S/c1-5-20(3)13-24-18-12-17(23-4)14(2)11-16(18)21(19(20)22)15-9-7-6-8-10-15/h6-12H,5,13H2,1-4H3. The van der Waals surface area contributed by atoms with Crippen LogP contribution in [-0.2, 0) is 4.79 Å². The molecule has 126 valence electrons. The third-order valence-corrected chi connectivity index (χ3v) is 6.20. The molecule has 1 unspecified atom stereocenters. The van der Waals surface area contributed by atoms with Crippen LogP contribution in [0.15, 0.2) is 47.4 Å². The summed E-state index contributed by atoms with van der Waals surface area (Å²) < 4.78 is 5.48. The van der Waals surface area contributed by atoms with Crippen molar-refractivity contribution < 1.29 is 9.53 Å². The van der Waals surface area contributed by atoms with Crippen LogP contribution in [0.3, 0.4) is 0 Å². The van der Waals surface area contributed by atoms with Crippen LogP contribution in [0, 0.1) is 12.3 Å². The van der Waals surface area contributed by atoms with Crippen LogP contribution in [0.1, 0.15) is 25.8 Å². The van der Waals surface area contributed by atoms with E-state index in [0.717, 1.165) is 39.8 Å². The maximum Gasteiger partial charge on any atom is 0.238 e. The molecule has 3 rings (SSSR count). The van der Waals surface area contributed by atoms with Crippen molar-refractivity contribution in [3.05, 3.63) is 48.0 Å². The Balaban J connectivity index is 2.22. The summed E-state index contributed by atoms with van der Waals surface area (Å²) >= 11 is 1.74. The van der Waals surface area contributed by atoms with Gasteiger partial charge in [-0.05, 0) is 50.1 Å². The zero-order valence-electron chi connectivity index (χ0n) is 14.6. The van der Waals surface area contributed by atoms with Crippen molar-refractivity contribution in [2.45, 2.75) is 32.1 Å². The minimum Gasteiger partial charge on any atom is -0.496 e. The van der Waals surface area contributed by atoms with Crippen LogP contribution in [-0.4, -0.2) is 18.8 Å². The summed E-state index contributed by atoms with van der Waals surface area (Å²) in [4.78, 5) is 16.4. The Kier molecular flexibility index (Phi) is 4.59. The Morgan fingerprint density at radius 2 is 1.96 bits per heavy atom. The van der Waals surface area contributed by atoms with Gasteiger partial charge in [-0.2, -0.15) is 0 Å². The average Bonchev–Trinajstić information content (AvgIpc) is 2.71. The molecule has 0 N–H and O–H groups in total. The summed E-state index contributed by atoms with van der Waals surface area (Å²) in [7, 11) is 1.69. The van der Waals surface area contributed by atoms with Gasteiger partial charge in [-0.1, -0.05) is 25.1 Å². The molecular formula is C20H23NO2S. The number of rotatable bonds is 3. The maximum absolute atomic E-state index is 13.4. The van der Waals surface area contributed by atoms with E-state index in [9.17, 15) is 4.79 Å². The molecule has 0 spiro atoms. The molecule has 0 radical (unpaired) electrons. The summed E-state index contributed by atoms with van der Waals surface area (Å²) in [6.07, 6.45) is 0.812. The molecule has 1 amide bonds. The second-order valence-corrected chi connectivity index (χ2v) is 7.49. The van der Waals surface area contributed by atoms with E-state index in [2.05, 4.69) is 26.0 Å². The third-order valence-electron chi connectivity index (χ3n) is 4.78. The van der Waals surface area contributed by atoms with Crippen molar-refractivity contribution in [1.82, 2.24) is 0 Å². The van der Waals surface area contributed by atoms with Crippen molar-refractivity contribution in [3.8, 4) is 5.75 Å². The first-order valence-electron chi connectivity index (χ1n) is 8.21. The zero-order chi connectivity index (χ0) is 17.3. The summed E-state index contributed by atoms with van der Waals surface area (Å²) in [5.74, 6) is 1.79. The quantitative estimate of drug-likeness (QED) is 0.769. The van der Waals surface area contributed by atoms with E-state index in [-0.39, 0.29) is 11.3 Å². The van der Waals surface area contributed by atoms with E-state index < -0.39 is 0 Å². The lowest BCUT2D eigenvalue weighted by Gasteiger charge is -2.31. The van der Waals surface area contributed by atoms with Gasteiger partial charge >= 0.3 is 0 Å². The SMILES string of the molecule is CCC1(C)CSc2cc(OC)c(C)cc2N(c2ccccc2)C1=O.